The van der Waals surface area contributed by atoms with Crippen molar-refractivity contribution in [3.63, 3.8) is 0 Å². The van der Waals surface area contributed by atoms with Crippen molar-refractivity contribution in [2.75, 3.05) is 0 Å². The van der Waals surface area contributed by atoms with E-state index in [1.54, 1.807) is 18.2 Å². The number of carbonyl (C=O) groups is 1. The van der Waals surface area contributed by atoms with Gasteiger partial charge in [-0.25, -0.2) is 0 Å². The fourth-order valence-corrected chi connectivity index (χ4v) is 2.70. The van der Waals surface area contributed by atoms with E-state index in [0.717, 1.165) is 11.1 Å². The fraction of sp³-hybridized carbons (Fsp3) is 0.133. The molecule has 90 valence electrons. The van der Waals surface area contributed by atoms with Crippen molar-refractivity contribution in [1.29, 1.82) is 0 Å². The fourth-order valence-electron chi connectivity index (χ4n) is 2.52. The number of aliphatic hydroxyl groups is 1. The molecule has 3 rings (SSSR count). The van der Waals surface area contributed by atoms with E-state index >= 15 is 0 Å². The van der Waals surface area contributed by atoms with Crippen LogP contribution in [0.1, 0.15) is 27.4 Å². The van der Waals surface area contributed by atoms with Crippen LogP contribution >= 0.6 is 11.6 Å². The first kappa shape index (κ1) is 11.5. The number of aliphatic hydroxyl groups excluding tert-OH is 1. The Bertz CT molecular complexity index is 607. The van der Waals surface area contributed by atoms with Crippen molar-refractivity contribution in [3.05, 3.63) is 70.2 Å². The summed E-state index contributed by atoms with van der Waals surface area (Å²) in [5.41, 5.74) is 2.31. The van der Waals surface area contributed by atoms with Crippen LogP contribution in [0.15, 0.2) is 48.5 Å². The lowest BCUT2D eigenvalue weighted by Gasteiger charge is -2.15. The molecule has 1 aliphatic rings. The first-order chi connectivity index (χ1) is 8.68. The second-order valence-corrected chi connectivity index (χ2v) is 4.87. The summed E-state index contributed by atoms with van der Waals surface area (Å²) in [4.78, 5) is 12.0. The molecule has 0 amide bonds. The third-order valence-corrected chi connectivity index (χ3v) is 3.59. The van der Waals surface area contributed by atoms with Gasteiger partial charge in [0.25, 0.3) is 0 Å². The predicted octanol–water partition coefficient (Wildman–Crippen LogP) is 3.03. The van der Waals surface area contributed by atoms with Gasteiger partial charge in [-0.3, -0.25) is 4.79 Å². The minimum absolute atomic E-state index is 0.226. The van der Waals surface area contributed by atoms with E-state index in [1.165, 1.54) is 0 Å². The van der Waals surface area contributed by atoms with Gasteiger partial charge in [0.05, 0.1) is 0 Å². The highest BCUT2D eigenvalue weighted by molar-refractivity contribution is 6.30. The molecule has 2 aromatic rings. The highest BCUT2D eigenvalue weighted by atomic mass is 35.5. The van der Waals surface area contributed by atoms with Gasteiger partial charge in [0.1, 0.15) is 6.10 Å². The van der Waals surface area contributed by atoms with Gasteiger partial charge in [-0.1, -0.05) is 41.9 Å². The van der Waals surface area contributed by atoms with Gasteiger partial charge in [-0.15, -0.1) is 0 Å². The lowest BCUT2D eigenvalue weighted by molar-refractivity contribution is 0.0754. The van der Waals surface area contributed by atoms with Crippen LogP contribution in [0.25, 0.3) is 0 Å². The summed E-state index contributed by atoms with van der Waals surface area (Å²) in [6.07, 6.45) is -1.01. The molecule has 0 heterocycles. The normalized spacial score (nSPS) is 22.0. The van der Waals surface area contributed by atoms with Crippen LogP contribution in [0.2, 0.25) is 5.02 Å². The first-order valence-corrected chi connectivity index (χ1v) is 6.13. The van der Waals surface area contributed by atoms with Crippen LogP contribution < -0.4 is 0 Å². The number of rotatable bonds is 1. The molecule has 0 saturated carbocycles. The number of benzene rings is 2. The largest absolute Gasteiger partial charge is 0.384 e. The van der Waals surface area contributed by atoms with E-state index in [0.29, 0.717) is 10.6 Å². The molecule has 18 heavy (non-hydrogen) atoms. The number of hydrogen-bond acceptors (Lipinski definition) is 2. The van der Waals surface area contributed by atoms with Gasteiger partial charge in [-0.05, 0) is 29.3 Å². The maximum Gasteiger partial charge on any atom is 0.192 e. The number of ketones is 1. The van der Waals surface area contributed by atoms with E-state index < -0.39 is 6.10 Å². The topological polar surface area (TPSA) is 37.3 Å². The van der Waals surface area contributed by atoms with E-state index in [-0.39, 0.29) is 11.7 Å². The van der Waals surface area contributed by atoms with Crippen molar-refractivity contribution in [2.24, 2.45) is 0 Å². The quantitative estimate of drug-likeness (QED) is 0.854. The number of fused-ring (bicyclic) bond motifs is 1. The number of halogens is 1. The lowest BCUT2D eigenvalue weighted by Crippen LogP contribution is -2.20. The number of Topliss-reactive ketones (excluding diaryl/α,β-unsaturated/α-hetero) is 1. The summed E-state index contributed by atoms with van der Waals surface area (Å²) >= 11 is 5.98. The summed E-state index contributed by atoms with van der Waals surface area (Å²) in [6, 6.07) is 14.7. The van der Waals surface area contributed by atoms with Gasteiger partial charge >= 0.3 is 0 Å². The molecule has 0 aromatic heterocycles. The van der Waals surface area contributed by atoms with Gasteiger partial charge in [-0.2, -0.15) is 0 Å². The molecule has 0 bridgehead atoms. The molecule has 3 heteroatoms. The Labute approximate surface area is 110 Å². The Morgan fingerprint density at radius 2 is 1.78 bits per heavy atom. The first-order valence-electron chi connectivity index (χ1n) is 5.75. The Kier molecular flexibility index (Phi) is 2.69. The van der Waals surface area contributed by atoms with Gasteiger partial charge in [0, 0.05) is 16.5 Å². The molecule has 2 aromatic carbocycles. The third kappa shape index (κ3) is 1.65. The monoisotopic (exact) mass is 258 g/mol. The summed E-state index contributed by atoms with van der Waals surface area (Å²) < 4.78 is 0. The predicted molar refractivity (Wildman–Crippen MR) is 70.1 cm³/mol. The SMILES string of the molecule is O=C1c2ccc(Cl)cc2[C@@H](c2ccccc2)[C@H]1O. The molecule has 0 unspecified atom stereocenters. The molecule has 0 spiro atoms. The summed E-state index contributed by atoms with van der Waals surface area (Å²) in [7, 11) is 0. The maximum absolute atomic E-state index is 12.0. The highest BCUT2D eigenvalue weighted by Crippen LogP contribution is 2.39. The second kappa shape index (κ2) is 4.23. The Morgan fingerprint density at radius 1 is 1.06 bits per heavy atom. The average molecular weight is 259 g/mol. The summed E-state index contributed by atoms with van der Waals surface area (Å²) in [5.74, 6) is -0.539. The molecular formula is C15H11ClO2. The van der Waals surface area contributed by atoms with E-state index in [9.17, 15) is 9.90 Å². The lowest BCUT2D eigenvalue weighted by atomic mass is 9.91. The van der Waals surface area contributed by atoms with Gasteiger partial charge in [0.2, 0.25) is 0 Å². The Morgan fingerprint density at radius 3 is 2.50 bits per heavy atom. The van der Waals surface area contributed by atoms with Gasteiger partial charge < -0.3 is 5.11 Å². The summed E-state index contributed by atoms with van der Waals surface area (Å²) in [5, 5.41) is 10.7. The Balaban J connectivity index is 2.18. The molecule has 0 fully saturated rings. The minimum atomic E-state index is -1.01. The molecule has 0 radical (unpaired) electrons. The third-order valence-electron chi connectivity index (χ3n) is 3.36. The van der Waals surface area contributed by atoms with Crippen LogP contribution in [0.5, 0.6) is 0 Å². The van der Waals surface area contributed by atoms with Crippen LogP contribution in [-0.4, -0.2) is 17.0 Å². The zero-order valence-corrected chi connectivity index (χ0v) is 10.3. The minimum Gasteiger partial charge on any atom is -0.384 e. The zero-order chi connectivity index (χ0) is 12.7. The van der Waals surface area contributed by atoms with E-state index in [1.807, 2.05) is 30.3 Å². The van der Waals surface area contributed by atoms with Crippen LogP contribution in [0.4, 0.5) is 0 Å². The molecule has 0 aliphatic heterocycles. The van der Waals surface area contributed by atoms with Crippen LogP contribution in [0, 0.1) is 0 Å². The second-order valence-electron chi connectivity index (χ2n) is 4.43. The van der Waals surface area contributed by atoms with Crippen molar-refractivity contribution >= 4 is 17.4 Å². The van der Waals surface area contributed by atoms with E-state index in [4.69, 9.17) is 11.6 Å². The van der Waals surface area contributed by atoms with Crippen molar-refractivity contribution in [3.8, 4) is 0 Å². The Hall–Kier alpha value is -1.64. The van der Waals surface area contributed by atoms with Crippen molar-refractivity contribution in [2.45, 2.75) is 12.0 Å². The molecule has 0 saturated heterocycles. The molecular weight excluding hydrogens is 248 g/mol. The zero-order valence-electron chi connectivity index (χ0n) is 9.51. The van der Waals surface area contributed by atoms with E-state index in [2.05, 4.69) is 0 Å². The average Bonchev–Trinajstić information content (AvgIpc) is 2.63. The number of hydrogen-bond donors (Lipinski definition) is 1. The number of carbonyl (C=O) groups excluding carboxylic acids is 1. The van der Waals surface area contributed by atoms with Crippen molar-refractivity contribution < 1.29 is 9.90 Å². The van der Waals surface area contributed by atoms with Crippen LogP contribution in [0.3, 0.4) is 0 Å². The standard InChI is InChI=1S/C15H11ClO2/c16-10-6-7-11-12(8-10)13(15(18)14(11)17)9-4-2-1-3-5-9/h1-8,13,15,18H/t13-,15-/m1/s1. The van der Waals surface area contributed by atoms with Crippen molar-refractivity contribution in [1.82, 2.24) is 0 Å². The molecule has 1 N–H and O–H groups in total. The molecule has 1 aliphatic carbocycles. The molecule has 2 nitrogen and oxygen atoms in total. The summed E-state index contributed by atoms with van der Waals surface area (Å²) in [6.45, 7) is 0. The highest BCUT2D eigenvalue weighted by Gasteiger charge is 2.39. The smallest absolute Gasteiger partial charge is 0.192 e. The van der Waals surface area contributed by atoms with Crippen LogP contribution in [-0.2, 0) is 0 Å². The maximum atomic E-state index is 12.0. The molecule has 2 atom stereocenters. The van der Waals surface area contributed by atoms with Gasteiger partial charge in [0.15, 0.2) is 5.78 Å².